The summed E-state index contributed by atoms with van der Waals surface area (Å²) in [5.74, 6) is -0.500. The fourth-order valence-corrected chi connectivity index (χ4v) is 2.73. The van der Waals surface area contributed by atoms with Crippen molar-refractivity contribution >= 4 is 27.5 Å². The number of aliphatic hydroxyl groups excluding tert-OH is 1. The Balaban J connectivity index is 2.30. The number of hydrogen-bond acceptors (Lipinski definition) is 2. The maximum Gasteiger partial charge on any atom is 0.130 e. The molecule has 0 saturated carbocycles. The van der Waals surface area contributed by atoms with Gasteiger partial charge >= 0.3 is 0 Å². The Morgan fingerprint density at radius 2 is 2.20 bits per heavy atom. The lowest BCUT2D eigenvalue weighted by atomic mass is 10.0. The van der Waals surface area contributed by atoms with Crippen LogP contribution in [0.3, 0.4) is 0 Å². The number of aryl methyl sites for hydroxylation is 2. The van der Waals surface area contributed by atoms with Gasteiger partial charge in [-0.05, 0) is 41.9 Å². The van der Waals surface area contributed by atoms with E-state index < -0.39 is 11.9 Å². The van der Waals surface area contributed by atoms with Crippen molar-refractivity contribution in [2.24, 2.45) is 0 Å². The van der Waals surface area contributed by atoms with Crippen LogP contribution in [-0.4, -0.2) is 14.9 Å². The molecule has 1 unspecified atom stereocenters. The number of hydrogen-bond donors (Lipinski definition) is 1. The van der Waals surface area contributed by atoms with E-state index in [2.05, 4.69) is 21.0 Å². The molecule has 20 heavy (non-hydrogen) atoms. The molecule has 1 atom stereocenters. The lowest BCUT2D eigenvalue weighted by molar-refractivity contribution is 0.170. The first-order chi connectivity index (χ1) is 9.43. The average Bonchev–Trinajstić information content (AvgIpc) is 2.66. The van der Waals surface area contributed by atoms with Crippen molar-refractivity contribution in [1.29, 1.82) is 0 Å². The van der Waals surface area contributed by atoms with Gasteiger partial charge in [-0.15, -0.1) is 0 Å². The number of benzene rings is 1. The van der Waals surface area contributed by atoms with Crippen LogP contribution in [0, 0.1) is 12.7 Å². The minimum Gasteiger partial charge on any atom is -0.388 e. The van der Waals surface area contributed by atoms with E-state index in [1.807, 2.05) is 13.8 Å². The first-order valence-electron chi connectivity index (χ1n) is 6.28. The monoisotopic (exact) mass is 360 g/mol. The molecule has 0 saturated heterocycles. The molecule has 1 aromatic heterocycles. The first kappa shape index (κ1) is 15.5. The van der Waals surface area contributed by atoms with E-state index in [0.717, 1.165) is 15.9 Å². The number of halogens is 3. The highest BCUT2D eigenvalue weighted by Crippen LogP contribution is 2.28. The smallest absolute Gasteiger partial charge is 0.130 e. The Labute approximate surface area is 130 Å². The Bertz CT molecular complexity index is 630. The Morgan fingerprint density at radius 3 is 2.80 bits per heavy atom. The molecule has 0 radical (unpaired) electrons. The lowest BCUT2D eigenvalue weighted by Crippen LogP contribution is -2.10. The highest BCUT2D eigenvalue weighted by Gasteiger charge is 2.19. The van der Waals surface area contributed by atoms with Crippen molar-refractivity contribution < 1.29 is 9.50 Å². The molecule has 0 bridgehead atoms. The predicted molar refractivity (Wildman–Crippen MR) is 80.4 cm³/mol. The third-order valence-corrected chi connectivity index (χ3v) is 4.43. The first-order valence-corrected chi connectivity index (χ1v) is 7.46. The van der Waals surface area contributed by atoms with Crippen LogP contribution in [0.4, 0.5) is 4.39 Å². The summed E-state index contributed by atoms with van der Waals surface area (Å²) in [5.41, 5.74) is 1.94. The number of nitrogens with zero attached hydrogens (tertiary/aromatic N) is 2. The van der Waals surface area contributed by atoms with E-state index in [9.17, 15) is 9.50 Å². The Morgan fingerprint density at radius 1 is 1.50 bits per heavy atom. The van der Waals surface area contributed by atoms with Crippen LogP contribution >= 0.6 is 27.5 Å². The van der Waals surface area contributed by atoms with Crippen LogP contribution < -0.4 is 0 Å². The van der Waals surface area contributed by atoms with Gasteiger partial charge in [0.15, 0.2) is 0 Å². The standard InChI is InChI=1S/C14H15BrClFN2O/c1-3-19-12(14(15)8(2)18-19)7-13(20)10-5-4-9(16)6-11(10)17/h4-6,13,20H,3,7H2,1-2H3. The molecule has 3 nitrogen and oxygen atoms in total. The summed E-state index contributed by atoms with van der Waals surface area (Å²) >= 11 is 9.18. The quantitative estimate of drug-likeness (QED) is 0.892. The van der Waals surface area contributed by atoms with Crippen LogP contribution in [0.15, 0.2) is 22.7 Å². The summed E-state index contributed by atoms with van der Waals surface area (Å²) < 4.78 is 16.5. The number of aliphatic hydroxyl groups is 1. The second kappa shape index (κ2) is 6.24. The maximum atomic E-state index is 13.8. The fraction of sp³-hybridized carbons (Fsp3) is 0.357. The van der Waals surface area contributed by atoms with E-state index in [1.54, 1.807) is 10.7 Å². The van der Waals surface area contributed by atoms with Gasteiger partial charge in [0.2, 0.25) is 0 Å². The molecule has 0 fully saturated rings. The zero-order valence-corrected chi connectivity index (χ0v) is 13.5. The minimum atomic E-state index is -0.940. The Hall–Kier alpha value is -0.910. The summed E-state index contributed by atoms with van der Waals surface area (Å²) in [6.07, 6.45) is -0.654. The van der Waals surface area contributed by atoms with Gasteiger partial charge in [0, 0.05) is 23.6 Å². The van der Waals surface area contributed by atoms with Crippen LogP contribution in [0.25, 0.3) is 0 Å². The van der Waals surface area contributed by atoms with Crippen molar-refractivity contribution in [2.75, 3.05) is 0 Å². The molecule has 0 spiro atoms. The van der Waals surface area contributed by atoms with Crippen molar-refractivity contribution in [3.05, 3.63) is 50.5 Å². The van der Waals surface area contributed by atoms with Gasteiger partial charge in [-0.1, -0.05) is 17.7 Å². The van der Waals surface area contributed by atoms with Crippen LogP contribution in [-0.2, 0) is 13.0 Å². The highest BCUT2D eigenvalue weighted by atomic mass is 79.9. The molecule has 0 amide bonds. The van der Waals surface area contributed by atoms with Gasteiger partial charge in [-0.2, -0.15) is 5.10 Å². The largest absolute Gasteiger partial charge is 0.388 e. The molecule has 1 N–H and O–H groups in total. The summed E-state index contributed by atoms with van der Waals surface area (Å²) in [5, 5.41) is 14.9. The van der Waals surface area contributed by atoms with Crippen LogP contribution in [0.2, 0.25) is 5.02 Å². The summed E-state index contributed by atoms with van der Waals surface area (Å²) in [7, 11) is 0. The summed E-state index contributed by atoms with van der Waals surface area (Å²) in [4.78, 5) is 0. The molecule has 0 aliphatic rings. The van der Waals surface area contributed by atoms with Gasteiger partial charge in [-0.25, -0.2) is 4.39 Å². The minimum absolute atomic E-state index is 0.239. The van der Waals surface area contributed by atoms with E-state index in [-0.39, 0.29) is 12.0 Å². The second-order valence-electron chi connectivity index (χ2n) is 4.55. The molecule has 0 aliphatic carbocycles. The molecular formula is C14H15BrClFN2O. The molecule has 1 heterocycles. The maximum absolute atomic E-state index is 13.8. The molecule has 1 aromatic carbocycles. The summed E-state index contributed by atoms with van der Waals surface area (Å²) in [6.45, 7) is 4.55. The Kier molecular flexibility index (Phi) is 4.83. The molecule has 0 aliphatic heterocycles. The normalized spacial score (nSPS) is 12.7. The predicted octanol–water partition coefficient (Wildman–Crippen LogP) is 4.04. The van der Waals surface area contributed by atoms with Crippen molar-refractivity contribution in [3.63, 3.8) is 0 Å². The number of aromatic nitrogens is 2. The molecule has 2 aromatic rings. The highest BCUT2D eigenvalue weighted by molar-refractivity contribution is 9.10. The second-order valence-corrected chi connectivity index (χ2v) is 5.78. The molecule has 6 heteroatoms. The average molecular weight is 362 g/mol. The van der Waals surface area contributed by atoms with Gasteiger partial charge in [0.05, 0.1) is 22.0 Å². The fourth-order valence-electron chi connectivity index (χ4n) is 2.13. The van der Waals surface area contributed by atoms with Crippen molar-refractivity contribution in [1.82, 2.24) is 9.78 Å². The SMILES string of the molecule is CCn1nc(C)c(Br)c1CC(O)c1ccc(Cl)cc1F. The number of rotatable bonds is 4. The zero-order valence-electron chi connectivity index (χ0n) is 11.2. The topological polar surface area (TPSA) is 38.0 Å². The molecule has 108 valence electrons. The molecular weight excluding hydrogens is 347 g/mol. The van der Waals surface area contributed by atoms with Crippen LogP contribution in [0.1, 0.15) is 30.0 Å². The van der Waals surface area contributed by atoms with E-state index >= 15 is 0 Å². The third-order valence-electron chi connectivity index (χ3n) is 3.16. The van der Waals surface area contributed by atoms with Crippen molar-refractivity contribution in [2.45, 2.75) is 32.9 Å². The zero-order chi connectivity index (χ0) is 14.9. The molecule has 2 rings (SSSR count). The van der Waals surface area contributed by atoms with Gasteiger partial charge in [0.1, 0.15) is 5.82 Å². The van der Waals surface area contributed by atoms with E-state index in [4.69, 9.17) is 11.6 Å². The van der Waals surface area contributed by atoms with E-state index in [0.29, 0.717) is 11.6 Å². The van der Waals surface area contributed by atoms with Gasteiger partial charge in [0.25, 0.3) is 0 Å². The van der Waals surface area contributed by atoms with Gasteiger partial charge < -0.3 is 5.11 Å². The summed E-state index contributed by atoms with van der Waals surface area (Å²) in [6, 6.07) is 4.29. The third kappa shape index (κ3) is 3.05. The van der Waals surface area contributed by atoms with Gasteiger partial charge in [-0.3, -0.25) is 4.68 Å². The lowest BCUT2D eigenvalue weighted by Gasteiger charge is -2.13. The van der Waals surface area contributed by atoms with Crippen molar-refractivity contribution in [3.8, 4) is 0 Å². The van der Waals surface area contributed by atoms with Crippen LogP contribution in [0.5, 0.6) is 0 Å². The van der Waals surface area contributed by atoms with E-state index in [1.165, 1.54) is 12.1 Å².